The molecule has 1 aromatic heterocycles. The molecule has 0 N–H and O–H groups in total. The van der Waals surface area contributed by atoms with Crippen molar-refractivity contribution >= 4 is 35.0 Å². The van der Waals surface area contributed by atoms with Crippen molar-refractivity contribution in [2.45, 2.75) is 18.4 Å². The van der Waals surface area contributed by atoms with Crippen molar-refractivity contribution in [2.75, 3.05) is 51.4 Å². The summed E-state index contributed by atoms with van der Waals surface area (Å²) in [5.41, 5.74) is 1.73. The zero-order valence-corrected chi connectivity index (χ0v) is 21.8. The second kappa shape index (κ2) is 11.1. The van der Waals surface area contributed by atoms with Gasteiger partial charge in [-0.3, -0.25) is 0 Å². The second-order valence-corrected chi connectivity index (χ2v) is 9.61. The van der Waals surface area contributed by atoms with E-state index < -0.39 is 5.79 Å². The fraction of sp³-hybridized carbons (Fsp3) is 0.400. The third-order valence-electron chi connectivity index (χ3n) is 6.39. The topological polar surface area (TPSA) is 91.2 Å². The van der Waals surface area contributed by atoms with E-state index in [9.17, 15) is 4.79 Å². The maximum Gasteiger partial charge on any atom is 0.409 e. The Kier molecular flexibility index (Phi) is 7.71. The molecule has 37 heavy (non-hydrogen) atoms. The number of benzene rings is 2. The van der Waals surface area contributed by atoms with Crippen molar-refractivity contribution < 1.29 is 23.7 Å². The highest BCUT2D eigenvalue weighted by Gasteiger charge is 2.45. The predicted molar refractivity (Wildman–Crippen MR) is 137 cm³/mol. The SMILES string of the molecule is COC(=O)N1CCN(c2ccc(OCC3COC(Cn4cncn4)(c4ccc(Cl)cc4Cl)O3)cc2)CC1. The summed E-state index contributed by atoms with van der Waals surface area (Å²) >= 11 is 12.6. The standard InChI is InChI=1S/C25H27Cl2N5O5/c1-34-24(33)31-10-8-30(9-11-31)19-3-5-20(6-4-19)35-13-21-14-36-25(37-21,15-32-17-28-16-29-32)22-7-2-18(26)12-23(22)27/h2-7,12,16-17,21H,8-11,13-15H2,1H3. The Bertz CT molecular complexity index is 1200. The Balaban J connectivity index is 1.20. The Morgan fingerprint density at radius 3 is 2.59 bits per heavy atom. The van der Waals surface area contributed by atoms with E-state index in [0.29, 0.717) is 41.9 Å². The number of nitrogens with zero attached hydrogens (tertiary/aromatic N) is 5. The van der Waals surface area contributed by atoms with E-state index in [4.69, 9.17) is 42.1 Å². The molecule has 0 spiro atoms. The van der Waals surface area contributed by atoms with Crippen LogP contribution in [0.1, 0.15) is 5.56 Å². The van der Waals surface area contributed by atoms with Crippen molar-refractivity contribution in [1.82, 2.24) is 19.7 Å². The first-order valence-corrected chi connectivity index (χ1v) is 12.6. The molecule has 2 aliphatic rings. The van der Waals surface area contributed by atoms with E-state index in [1.54, 1.807) is 34.1 Å². The monoisotopic (exact) mass is 547 g/mol. The minimum absolute atomic E-state index is 0.267. The summed E-state index contributed by atoms with van der Waals surface area (Å²) in [7, 11) is 1.40. The van der Waals surface area contributed by atoms with Gasteiger partial charge in [0.25, 0.3) is 0 Å². The number of aromatic nitrogens is 3. The first kappa shape index (κ1) is 25.6. The molecule has 2 aliphatic heterocycles. The normalized spacial score (nSPS) is 21.8. The van der Waals surface area contributed by atoms with Gasteiger partial charge in [0, 0.05) is 42.5 Å². The van der Waals surface area contributed by atoms with Gasteiger partial charge in [-0.05, 0) is 36.4 Å². The van der Waals surface area contributed by atoms with Gasteiger partial charge in [-0.2, -0.15) is 5.10 Å². The van der Waals surface area contributed by atoms with Crippen LogP contribution in [-0.4, -0.2) is 78.4 Å². The van der Waals surface area contributed by atoms with E-state index in [-0.39, 0.29) is 18.7 Å². The molecule has 2 unspecified atom stereocenters. The third-order valence-corrected chi connectivity index (χ3v) is 6.94. The molecule has 10 nitrogen and oxygen atoms in total. The highest BCUT2D eigenvalue weighted by molar-refractivity contribution is 6.35. The van der Waals surface area contributed by atoms with Gasteiger partial charge in [0.15, 0.2) is 0 Å². The Morgan fingerprint density at radius 1 is 1.14 bits per heavy atom. The quantitative estimate of drug-likeness (QED) is 0.440. The summed E-state index contributed by atoms with van der Waals surface area (Å²) < 4.78 is 25.1. The molecule has 0 radical (unpaired) electrons. The molecule has 12 heteroatoms. The summed E-state index contributed by atoms with van der Waals surface area (Å²) in [6.07, 6.45) is 2.43. The highest BCUT2D eigenvalue weighted by Crippen LogP contribution is 2.40. The summed E-state index contributed by atoms with van der Waals surface area (Å²) in [4.78, 5) is 19.6. The molecule has 0 bridgehead atoms. The summed E-state index contributed by atoms with van der Waals surface area (Å²) in [6, 6.07) is 13.1. The predicted octanol–water partition coefficient (Wildman–Crippen LogP) is 3.82. The highest BCUT2D eigenvalue weighted by atomic mass is 35.5. The lowest BCUT2D eigenvalue weighted by molar-refractivity contribution is -0.190. The number of amides is 1. The molecule has 0 aliphatic carbocycles. The fourth-order valence-corrected chi connectivity index (χ4v) is 5.05. The van der Waals surface area contributed by atoms with Crippen LogP contribution in [0, 0.1) is 0 Å². The zero-order valence-electron chi connectivity index (χ0n) is 20.3. The van der Waals surface area contributed by atoms with Crippen molar-refractivity contribution in [3.63, 3.8) is 0 Å². The van der Waals surface area contributed by atoms with Crippen LogP contribution in [-0.2, 0) is 26.5 Å². The number of halogens is 2. The van der Waals surface area contributed by atoms with Crippen molar-refractivity contribution in [2.24, 2.45) is 0 Å². The average molecular weight is 548 g/mol. The largest absolute Gasteiger partial charge is 0.491 e. The van der Waals surface area contributed by atoms with Gasteiger partial charge in [0.05, 0.1) is 18.7 Å². The number of rotatable bonds is 7. The van der Waals surface area contributed by atoms with Crippen LogP contribution < -0.4 is 9.64 Å². The number of ether oxygens (including phenoxy) is 4. The smallest absolute Gasteiger partial charge is 0.409 e. The van der Waals surface area contributed by atoms with Crippen LogP contribution in [0.15, 0.2) is 55.1 Å². The molecule has 2 saturated heterocycles. The lowest BCUT2D eigenvalue weighted by atomic mass is 10.1. The van der Waals surface area contributed by atoms with E-state index in [0.717, 1.165) is 24.5 Å². The van der Waals surface area contributed by atoms with Crippen LogP contribution in [0.25, 0.3) is 0 Å². The molecule has 5 rings (SSSR count). The van der Waals surface area contributed by atoms with Gasteiger partial charge in [-0.15, -0.1) is 0 Å². The van der Waals surface area contributed by atoms with E-state index >= 15 is 0 Å². The molecule has 1 amide bonds. The molecular weight excluding hydrogens is 521 g/mol. The van der Waals surface area contributed by atoms with E-state index in [1.165, 1.54) is 13.4 Å². The van der Waals surface area contributed by atoms with Crippen LogP contribution in [0.3, 0.4) is 0 Å². The van der Waals surface area contributed by atoms with E-state index in [1.807, 2.05) is 24.3 Å². The molecule has 0 saturated carbocycles. The molecule has 2 fully saturated rings. The number of hydrogen-bond donors (Lipinski definition) is 0. The average Bonchev–Trinajstić information content (AvgIpc) is 3.58. The Hall–Kier alpha value is -3.05. The minimum Gasteiger partial charge on any atom is -0.491 e. The molecular formula is C25H27Cl2N5O5. The van der Waals surface area contributed by atoms with Crippen LogP contribution >= 0.6 is 23.2 Å². The maximum atomic E-state index is 11.7. The maximum absolute atomic E-state index is 11.7. The van der Waals surface area contributed by atoms with Crippen molar-refractivity contribution in [1.29, 1.82) is 0 Å². The number of hydrogen-bond acceptors (Lipinski definition) is 8. The first-order chi connectivity index (χ1) is 18.0. The summed E-state index contributed by atoms with van der Waals surface area (Å²) in [5.74, 6) is -0.432. The Morgan fingerprint density at radius 2 is 1.92 bits per heavy atom. The molecule has 2 aromatic carbocycles. The minimum atomic E-state index is -1.15. The number of carbonyl (C=O) groups excluding carboxylic acids is 1. The van der Waals surface area contributed by atoms with Gasteiger partial charge in [0.1, 0.15) is 37.7 Å². The third kappa shape index (κ3) is 5.77. The molecule has 3 heterocycles. The van der Waals surface area contributed by atoms with Gasteiger partial charge >= 0.3 is 6.09 Å². The second-order valence-electron chi connectivity index (χ2n) is 8.77. The first-order valence-electron chi connectivity index (χ1n) is 11.9. The molecule has 2 atom stereocenters. The lowest BCUT2D eigenvalue weighted by Crippen LogP contribution is -2.48. The van der Waals surface area contributed by atoms with Gasteiger partial charge in [-0.1, -0.05) is 29.3 Å². The lowest BCUT2D eigenvalue weighted by Gasteiger charge is -2.35. The van der Waals surface area contributed by atoms with Crippen LogP contribution in [0.2, 0.25) is 10.0 Å². The Labute approximate surface area is 224 Å². The summed E-state index contributed by atoms with van der Waals surface area (Å²) in [6.45, 7) is 3.60. The van der Waals surface area contributed by atoms with Gasteiger partial charge < -0.3 is 28.7 Å². The van der Waals surface area contributed by atoms with Gasteiger partial charge in [-0.25, -0.2) is 14.5 Å². The summed E-state index contributed by atoms with van der Waals surface area (Å²) in [5, 5.41) is 5.16. The number of piperazine rings is 1. The number of methoxy groups -OCH3 is 1. The zero-order chi connectivity index (χ0) is 25.8. The fourth-order valence-electron chi connectivity index (χ4n) is 4.50. The molecule has 3 aromatic rings. The van der Waals surface area contributed by atoms with Crippen LogP contribution in [0.4, 0.5) is 10.5 Å². The van der Waals surface area contributed by atoms with Crippen LogP contribution in [0.5, 0.6) is 5.75 Å². The molecule has 196 valence electrons. The van der Waals surface area contributed by atoms with E-state index in [2.05, 4.69) is 15.0 Å². The number of anilines is 1. The van der Waals surface area contributed by atoms with Gasteiger partial charge in [0.2, 0.25) is 5.79 Å². The van der Waals surface area contributed by atoms with Crippen molar-refractivity contribution in [3.05, 3.63) is 70.7 Å². The van der Waals surface area contributed by atoms with Crippen molar-refractivity contribution in [3.8, 4) is 5.75 Å². The number of carbonyl (C=O) groups is 1.